The Kier molecular flexibility index (Phi) is 7.84. The van der Waals surface area contributed by atoms with Gasteiger partial charge in [0.25, 0.3) is 0 Å². The predicted octanol–water partition coefficient (Wildman–Crippen LogP) is 4.52. The van der Waals surface area contributed by atoms with Crippen LogP contribution in [0.25, 0.3) is 16.3 Å². The average molecular weight is 580 g/mol. The molecule has 2 aliphatic rings. The zero-order chi connectivity index (χ0) is 28.3. The van der Waals surface area contributed by atoms with E-state index in [0.29, 0.717) is 67.9 Å². The lowest BCUT2D eigenvalue weighted by molar-refractivity contribution is 0.122. The second kappa shape index (κ2) is 11.8. The Morgan fingerprint density at radius 1 is 1.10 bits per heavy atom. The summed E-state index contributed by atoms with van der Waals surface area (Å²) in [6.07, 6.45) is 5.24. The van der Waals surface area contributed by atoms with Gasteiger partial charge in [0.05, 0.1) is 37.7 Å². The highest BCUT2D eigenvalue weighted by atomic mass is 32.1. The van der Waals surface area contributed by atoms with Crippen molar-refractivity contribution in [3.63, 3.8) is 0 Å². The SMILES string of the molecule is CCCCOc1c(-c2ncc(Cc3ccc(F)cc3)s2)nc2c(N3CCOC3=O)cc(N3CCOCC3)cn2c1=O. The quantitative estimate of drug-likeness (QED) is 0.267. The van der Waals surface area contributed by atoms with Crippen molar-refractivity contribution < 1.29 is 23.4 Å². The molecular formula is C29H30FN5O5S. The first-order valence-electron chi connectivity index (χ1n) is 13.7. The van der Waals surface area contributed by atoms with Gasteiger partial charge < -0.3 is 19.1 Å². The molecule has 41 heavy (non-hydrogen) atoms. The number of pyridine rings is 1. The molecule has 10 nitrogen and oxygen atoms in total. The van der Waals surface area contributed by atoms with Crippen LogP contribution < -0.4 is 20.1 Å². The molecule has 1 aromatic carbocycles. The van der Waals surface area contributed by atoms with Gasteiger partial charge in [0.2, 0.25) is 5.75 Å². The molecule has 0 spiro atoms. The van der Waals surface area contributed by atoms with Gasteiger partial charge in [-0.25, -0.2) is 19.2 Å². The number of halogens is 1. The second-order valence-electron chi connectivity index (χ2n) is 9.87. The number of hydrogen-bond acceptors (Lipinski definition) is 9. The number of cyclic esters (lactones) is 1. The highest BCUT2D eigenvalue weighted by molar-refractivity contribution is 7.15. The van der Waals surface area contributed by atoms with E-state index >= 15 is 0 Å². The minimum Gasteiger partial charge on any atom is -0.486 e. The molecule has 0 aliphatic carbocycles. The third kappa shape index (κ3) is 5.62. The summed E-state index contributed by atoms with van der Waals surface area (Å²) in [4.78, 5) is 40.9. The summed E-state index contributed by atoms with van der Waals surface area (Å²) in [7, 11) is 0. The van der Waals surface area contributed by atoms with Crippen molar-refractivity contribution in [2.45, 2.75) is 26.2 Å². The van der Waals surface area contributed by atoms with Crippen molar-refractivity contribution in [1.29, 1.82) is 0 Å². The van der Waals surface area contributed by atoms with Crippen LogP contribution in [0.2, 0.25) is 0 Å². The normalized spacial score (nSPS) is 15.5. The number of hydrogen-bond donors (Lipinski definition) is 0. The van der Waals surface area contributed by atoms with E-state index < -0.39 is 6.09 Å². The number of unbranched alkanes of at least 4 members (excludes halogenated alkanes) is 1. The number of anilines is 2. The standard InChI is InChI=1S/C29H30FN5O5S/c1-2-3-11-39-25-24(27-31-17-22(41-27)15-19-4-6-20(30)7-5-19)32-26-23(34-10-14-40-29(34)37)16-21(18-35(26)28(25)36)33-8-12-38-13-9-33/h4-7,16-18H,2-3,8-15H2,1H3. The van der Waals surface area contributed by atoms with Crippen molar-refractivity contribution in [2.24, 2.45) is 0 Å². The van der Waals surface area contributed by atoms with Crippen LogP contribution in [0.4, 0.5) is 20.6 Å². The molecule has 1 amide bonds. The summed E-state index contributed by atoms with van der Waals surface area (Å²) in [5.74, 6) is -0.171. The third-order valence-corrected chi connectivity index (χ3v) is 8.07. The highest BCUT2D eigenvalue weighted by Gasteiger charge is 2.30. The summed E-state index contributed by atoms with van der Waals surface area (Å²) < 4.78 is 31.7. The first kappa shape index (κ1) is 27.2. The zero-order valence-corrected chi connectivity index (χ0v) is 23.5. The molecule has 2 fully saturated rings. The maximum atomic E-state index is 14.1. The number of aromatic nitrogens is 3. The molecule has 6 rings (SSSR count). The van der Waals surface area contributed by atoms with E-state index in [4.69, 9.17) is 19.2 Å². The fraction of sp³-hybridized carbons (Fsp3) is 0.379. The highest BCUT2D eigenvalue weighted by Crippen LogP contribution is 2.35. The lowest BCUT2D eigenvalue weighted by atomic mass is 10.1. The van der Waals surface area contributed by atoms with Gasteiger partial charge in [-0.15, -0.1) is 11.3 Å². The van der Waals surface area contributed by atoms with Gasteiger partial charge in [-0.3, -0.25) is 14.1 Å². The monoisotopic (exact) mass is 579 g/mol. The second-order valence-corrected chi connectivity index (χ2v) is 11.0. The van der Waals surface area contributed by atoms with Crippen molar-refractivity contribution in [3.8, 4) is 16.5 Å². The number of carbonyl (C=O) groups is 1. The summed E-state index contributed by atoms with van der Waals surface area (Å²) in [6.45, 7) is 5.46. The number of thiazole rings is 1. The molecule has 2 saturated heterocycles. The Bertz CT molecular complexity index is 1620. The molecule has 2 aliphatic heterocycles. The number of morpholine rings is 1. The number of benzene rings is 1. The first-order valence-corrected chi connectivity index (χ1v) is 14.5. The van der Waals surface area contributed by atoms with E-state index in [2.05, 4.69) is 9.88 Å². The van der Waals surface area contributed by atoms with Gasteiger partial charge in [0.15, 0.2) is 5.65 Å². The Morgan fingerprint density at radius 3 is 2.63 bits per heavy atom. The van der Waals surface area contributed by atoms with Gasteiger partial charge in [-0.05, 0) is 30.2 Å². The van der Waals surface area contributed by atoms with Gasteiger partial charge >= 0.3 is 11.7 Å². The molecule has 0 N–H and O–H groups in total. The zero-order valence-electron chi connectivity index (χ0n) is 22.7. The smallest absolute Gasteiger partial charge is 0.414 e. The van der Waals surface area contributed by atoms with Crippen LogP contribution in [0, 0.1) is 5.82 Å². The van der Waals surface area contributed by atoms with Crippen LogP contribution in [0.3, 0.4) is 0 Å². The number of amides is 1. The molecule has 0 atom stereocenters. The van der Waals surface area contributed by atoms with Crippen LogP contribution in [0.5, 0.6) is 5.75 Å². The molecule has 0 saturated carbocycles. The molecule has 5 heterocycles. The molecule has 0 unspecified atom stereocenters. The molecule has 12 heteroatoms. The first-order chi connectivity index (χ1) is 20.0. The summed E-state index contributed by atoms with van der Waals surface area (Å²) in [5, 5.41) is 0.528. The maximum Gasteiger partial charge on any atom is 0.414 e. The average Bonchev–Trinajstić information content (AvgIpc) is 3.64. The Hall–Kier alpha value is -4.03. The largest absolute Gasteiger partial charge is 0.486 e. The Balaban J connectivity index is 1.49. The third-order valence-electron chi connectivity index (χ3n) is 7.07. The molecule has 0 radical (unpaired) electrons. The van der Waals surface area contributed by atoms with Gasteiger partial charge in [0.1, 0.15) is 23.1 Å². The maximum absolute atomic E-state index is 14.1. The van der Waals surface area contributed by atoms with Crippen molar-refractivity contribution >= 4 is 34.5 Å². The lowest BCUT2D eigenvalue weighted by Gasteiger charge is -2.30. The number of ether oxygens (including phenoxy) is 3. The minimum atomic E-state index is -0.485. The molecule has 3 aromatic heterocycles. The summed E-state index contributed by atoms with van der Waals surface area (Å²) in [5.41, 5.74) is 2.48. The topological polar surface area (TPSA) is 98.5 Å². The number of nitrogens with zero attached hydrogens (tertiary/aromatic N) is 5. The lowest BCUT2D eigenvalue weighted by Crippen LogP contribution is -2.37. The van der Waals surface area contributed by atoms with E-state index in [1.54, 1.807) is 24.5 Å². The van der Waals surface area contributed by atoms with Crippen LogP contribution in [-0.4, -0.2) is 66.5 Å². The Morgan fingerprint density at radius 2 is 1.90 bits per heavy atom. The van der Waals surface area contributed by atoms with Crippen LogP contribution in [0.15, 0.2) is 47.5 Å². The van der Waals surface area contributed by atoms with Gasteiger partial charge in [-0.1, -0.05) is 25.5 Å². The van der Waals surface area contributed by atoms with Gasteiger partial charge in [0, 0.05) is 36.8 Å². The van der Waals surface area contributed by atoms with E-state index in [1.807, 2.05) is 13.0 Å². The van der Waals surface area contributed by atoms with Crippen molar-refractivity contribution in [3.05, 3.63) is 69.3 Å². The van der Waals surface area contributed by atoms with E-state index in [1.165, 1.54) is 32.8 Å². The van der Waals surface area contributed by atoms with Crippen molar-refractivity contribution in [1.82, 2.24) is 14.4 Å². The molecular weight excluding hydrogens is 549 g/mol. The van der Waals surface area contributed by atoms with Crippen molar-refractivity contribution in [2.75, 3.05) is 55.9 Å². The van der Waals surface area contributed by atoms with E-state index in [9.17, 15) is 14.0 Å². The van der Waals surface area contributed by atoms with Crippen LogP contribution in [0.1, 0.15) is 30.2 Å². The van der Waals surface area contributed by atoms with Crippen LogP contribution >= 0.6 is 11.3 Å². The number of rotatable bonds is 9. The van der Waals surface area contributed by atoms with E-state index in [0.717, 1.165) is 29.0 Å². The Labute approximate surface area is 239 Å². The van der Waals surface area contributed by atoms with E-state index in [-0.39, 0.29) is 23.7 Å². The molecule has 4 aromatic rings. The summed E-state index contributed by atoms with van der Waals surface area (Å²) in [6, 6.07) is 8.21. The fourth-order valence-corrected chi connectivity index (χ4v) is 5.83. The number of fused-ring (bicyclic) bond motifs is 1. The minimum absolute atomic E-state index is 0.118. The van der Waals surface area contributed by atoms with Gasteiger partial charge in [-0.2, -0.15) is 0 Å². The fourth-order valence-electron chi connectivity index (χ4n) is 4.89. The molecule has 214 valence electrons. The molecule has 0 bridgehead atoms. The predicted molar refractivity (Wildman–Crippen MR) is 154 cm³/mol. The van der Waals surface area contributed by atoms with Crippen LogP contribution in [-0.2, 0) is 15.9 Å². The number of carbonyl (C=O) groups excluding carboxylic acids is 1. The summed E-state index contributed by atoms with van der Waals surface area (Å²) >= 11 is 1.40.